The monoisotopic (exact) mass is 220 g/mol. The second-order valence-electron chi connectivity index (χ2n) is 3.59. The van der Waals surface area contributed by atoms with Crippen molar-refractivity contribution < 1.29 is 10.2 Å². The minimum absolute atomic E-state index is 0.227. The summed E-state index contributed by atoms with van der Waals surface area (Å²) in [6, 6.07) is 2.62. The van der Waals surface area contributed by atoms with Crippen LogP contribution in [0.2, 0.25) is 0 Å². The molecule has 0 fully saturated rings. The van der Waals surface area contributed by atoms with Gasteiger partial charge in [0.1, 0.15) is 5.69 Å². The summed E-state index contributed by atoms with van der Waals surface area (Å²) in [6.45, 7) is 4.10. The molecule has 0 amide bonds. The highest BCUT2D eigenvalue weighted by Crippen LogP contribution is 2.28. The van der Waals surface area contributed by atoms with E-state index in [4.69, 9.17) is 0 Å². The molecule has 0 bridgehead atoms. The SMILES string of the molecule is CCn1nc(C)c(=O)c2cc(O)c(O)cc21. The summed E-state index contributed by atoms with van der Waals surface area (Å²) < 4.78 is 1.62. The summed E-state index contributed by atoms with van der Waals surface area (Å²) in [5.74, 6) is -0.544. The van der Waals surface area contributed by atoms with Crippen LogP contribution in [0.1, 0.15) is 12.6 Å². The van der Waals surface area contributed by atoms with Crippen molar-refractivity contribution in [2.24, 2.45) is 0 Å². The smallest absolute Gasteiger partial charge is 0.210 e. The number of hydrogen-bond donors (Lipinski definition) is 2. The zero-order valence-electron chi connectivity index (χ0n) is 9.06. The van der Waals surface area contributed by atoms with Crippen LogP contribution in [0.15, 0.2) is 16.9 Å². The van der Waals surface area contributed by atoms with E-state index in [1.807, 2.05) is 6.92 Å². The Hall–Kier alpha value is -2.04. The maximum Gasteiger partial charge on any atom is 0.210 e. The molecule has 2 N–H and O–H groups in total. The van der Waals surface area contributed by atoms with Gasteiger partial charge >= 0.3 is 0 Å². The van der Waals surface area contributed by atoms with Crippen molar-refractivity contribution in [3.8, 4) is 11.5 Å². The van der Waals surface area contributed by atoms with E-state index >= 15 is 0 Å². The lowest BCUT2D eigenvalue weighted by Gasteiger charge is -2.09. The minimum atomic E-state index is -0.294. The van der Waals surface area contributed by atoms with Gasteiger partial charge in [-0.15, -0.1) is 0 Å². The molecule has 2 rings (SSSR count). The van der Waals surface area contributed by atoms with Gasteiger partial charge in [0.05, 0.1) is 10.9 Å². The molecule has 84 valence electrons. The summed E-state index contributed by atoms with van der Waals surface area (Å²) in [6.07, 6.45) is 0. The molecule has 0 radical (unpaired) electrons. The second kappa shape index (κ2) is 3.52. The lowest BCUT2D eigenvalue weighted by atomic mass is 10.2. The summed E-state index contributed by atoms with van der Waals surface area (Å²) >= 11 is 0. The van der Waals surface area contributed by atoms with Gasteiger partial charge in [-0.2, -0.15) is 5.10 Å². The van der Waals surface area contributed by atoms with Gasteiger partial charge in [-0.1, -0.05) is 0 Å². The molecule has 0 spiro atoms. The van der Waals surface area contributed by atoms with E-state index in [1.54, 1.807) is 11.6 Å². The van der Waals surface area contributed by atoms with Crippen LogP contribution in [0, 0.1) is 6.92 Å². The summed E-state index contributed by atoms with van der Waals surface area (Å²) in [7, 11) is 0. The van der Waals surface area contributed by atoms with Gasteiger partial charge in [-0.05, 0) is 19.9 Å². The van der Waals surface area contributed by atoms with Gasteiger partial charge in [0.2, 0.25) is 5.43 Å². The molecule has 16 heavy (non-hydrogen) atoms. The van der Waals surface area contributed by atoms with Crippen LogP contribution in [-0.2, 0) is 6.54 Å². The van der Waals surface area contributed by atoms with Gasteiger partial charge in [0.25, 0.3) is 0 Å². The maximum atomic E-state index is 11.8. The topological polar surface area (TPSA) is 75.4 Å². The van der Waals surface area contributed by atoms with Gasteiger partial charge in [-0.3, -0.25) is 9.48 Å². The molecule has 5 nitrogen and oxygen atoms in total. The number of nitrogens with zero attached hydrogens (tertiary/aromatic N) is 2. The van der Waals surface area contributed by atoms with Crippen molar-refractivity contribution in [1.29, 1.82) is 0 Å². The summed E-state index contributed by atoms with van der Waals surface area (Å²) in [4.78, 5) is 11.8. The molecule has 0 unspecified atom stereocenters. The van der Waals surface area contributed by atoms with Crippen molar-refractivity contribution in [3.63, 3.8) is 0 Å². The molecule has 1 aromatic carbocycles. The van der Waals surface area contributed by atoms with Crippen LogP contribution in [0.25, 0.3) is 10.9 Å². The second-order valence-corrected chi connectivity index (χ2v) is 3.59. The van der Waals surface area contributed by atoms with Crippen LogP contribution >= 0.6 is 0 Å². The predicted octanol–water partition coefficient (Wildman–Crippen LogP) is 1.14. The fourth-order valence-corrected chi connectivity index (χ4v) is 1.68. The molecule has 5 heteroatoms. The number of aromatic nitrogens is 2. The number of hydrogen-bond acceptors (Lipinski definition) is 4. The molecule has 0 saturated carbocycles. The quantitative estimate of drug-likeness (QED) is 0.706. The molecular formula is C11H12N2O3. The number of aromatic hydroxyl groups is 2. The van der Waals surface area contributed by atoms with E-state index in [0.717, 1.165) is 0 Å². The van der Waals surface area contributed by atoms with Crippen LogP contribution in [-0.4, -0.2) is 20.0 Å². The number of fused-ring (bicyclic) bond motifs is 1. The number of aryl methyl sites for hydroxylation is 2. The van der Waals surface area contributed by atoms with E-state index in [0.29, 0.717) is 23.1 Å². The third-order valence-corrected chi connectivity index (χ3v) is 2.51. The van der Waals surface area contributed by atoms with Crippen LogP contribution in [0.4, 0.5) is 0 Å². The largest absolute Gasteiger partial charge is 0.504 e. The Balaban J connectivity index is 2.99. The van der Waals surface area contributed by atoms with E-state index < -0.39 is 0 Å². The Bertz CT molecular complexity index is 617. The molecule has 0 aliphatic carbocycles. The zero-order chi connectivity index (χ0) is 11.9. The molecule has 0 atom stereocenters. The standard InChI is InChI=1S/C11H12N2O3/c1-3-13-8-5-10(15)9(14)4-7(8)11(16)6(2)12-13/h4-5,14-15H,3H2,1-2H3. The molecule has 0 aliphatic heterocycles. The van der Waals surface area contributed by atoms with E-state index in [1.165, 1.54) is 12.1 Å². The predicted molar refractivity (Wildman–Crippen MR) is 59.7 cm³/mol. The Morgan fingerprint density at radius 1 is 1.31 bits per heavy atom. The first-order valence-electron chi connectivity index (χ1n) is 4.98. The zero-order valence-corrected chi connectivity index (χ0v) is 9.06. The maximum absolute atomic E-state index is 11.8. The van der Waals surface area contributed by atoms with Crippen LogP contribution < -0.4 is 5.43 Å². The third-order valence-electron chi connectivity index (χ3n) is 2.51. The highest BCUT2D eigenvalue weighted by Gasteiger charge is 2.10. The van der Waals surface area contributed by atoms with Crippen LogP contribution in [0.5, 0.6) is 11.5 Å². The summed E-state index contributed by atoms with van der Waals surface area (Å²) in [5, 5.41) is 23.2. The highest BCUT2D eigenvalue weighted by molar-refractivity contribution is 5.82. The normalized spacial score (nSPS) is 10.9. The van der Waals surface area contributed by atoms with E-state index in [-0.39, 0.29) is 16.9 Å². The van der Waals surface area contributed by atoms with Gasteiger partial charge in [0, 0.05) is 12.6 Å². The average molecular weight is 220 g/mol. The van der Waals surface area contributed by atoms with Crippen LogP contribution in [0.3, 0.4) is 0 Å². The van der Waals surface area contributed by atoms with Crippen molar-refractivity contribution in [3.05, 3.63) is 28.0 Å². The molecule has 1 heterocycles. The Morgan fingerprint density at radius 3 is 2.56 bits per heavy atom. The first kappa shape index (κ1) is 10.5. The van der Waals surface area contributed by atoms with Gasteiger partial charge in [0.15, 0.2) is 11.5 Å². The van der Waals surface area contributed by atoms with E-state index in [2.05, 4.69) is 5.10 Å². The van der Waals surface area contributed by atoms with Crippen molar-refractivity contribution >= 4 is 10.9 Å². The number of phenolic OH excluding ortho intramolecular Hbond substituents is 2. The first-order valence-corrected chi connectivity index (χ1v) is 4.98. The number of phenols is 2. The van der Waals surface area contributed by atoms with Crippen molar-refractivity contribution in [1.82, 2.24) is 9.78 Å². The lowest BCUT2D eigenvalue weighted by Crippen LogP contribution is -2.16. The first-order chi connectivity index (χ1) is 7.54. The van der Waals surface area contributed by atoms with Gasteiger partial charge < -0.3 is 10.2 Å². The molecular weight excluding hydrogens is 208 g/mol. The highest BCUT2D eigenvalue weighted by atomic mass is 16.3. The fraction of sp³-hybridized carbons (Fsp3) is 0.273. The average Bonchev–Trinajstić information content (AvgIpc) is 2.26. The van der Waals surface area contributed by atoms with E-state index in [9.17, 15) is 15.0 Å². The summed E-state index contributed by atoms with van der Waals surface area (Å²) in [5.41, 5.74) is 0.669. The van der Waals surface area contributed by atoms with Crippen molar-refractivity contribution in [2.45, 2.75) is 20.4 Å². The molecule has 1 aromatic heterocycles. The molecule has 0 aliphatic rings. The Labute approximate surface area is 91.6 Å². The van der Waals surface area contributed by atoms with Crippen molar-refractivity contribution in [2.75, 3.05) is 0 Å². The van der Waals surface area contributed by atoms with Gasteiger partial charge in [-0.25, -0.2) is 0 Å². The lowest BCUT2D eigenvalue weighted by molar-refractivity contribution is 0.404. The number of rotatable bonds is 1. The molecule has 2 aromatic rings. The Kier molecular flexibility index (Phi) is 2.30. The number of benzene rings is 1. The third kappa shape index (κ3) is 1.41. The fourth-order valence-electron chi connectivity index (χ4n) is 1.68. The minimum Gasteiger partial charge on any atom is -0.504 e. The Morgan fingerprint density at radius 2 is 1.94 bits per heavy atom. The molecule has 0 saturated heterocycles.